The minimum Gasteiger partial charge on any atom is -0.338 e. The van der Waals surface area contributed by atoms with Gasteiger partial charge in [-0.2, -0.15) is 0 Å². The molecule has 2 rings (SSSR count). The first kappa shape index (κ1) is 13.9. The van der Waals surface area contributed by atoms with Gasteiger partial charge in [-0.05, 0) is 50.5 Å². The van der Waals surface area contributed by atoms with Gasteiger partial charge in [0.25, 0.3) is 0 Å². The Morgan fingerprint density at radius 2 is 1.94 bits per heavy atom. The van der Waals surface area contributed by atoms with Crippen LogP contribution in [0, 0.1) is 5.41 Å². The van der Waals surface area contributed by atoms with E-state index in [9.17, 15) is 4.79 Å². The van der Waals surface area contributed by atoms with Crippen molar-refractivity contribution < 1.29 is 4.79 Å². The Morgan fingerprint density at radius 3 is 2.56 bits per heavy atom. The van der Waals surface area contributed by atoms with Crippen LogP contribution in [-0.2, 0) is 4.79 Å². The van der Waals surface area contributed by atoms with Gasteiger partial charge in [0.15, 0.2) is 0 Å². The maximum Gasteiger partial charge on any atom is 0.240 e. The predicted octanol–water partition coefficient (Wildman–Crippen LogP) is 2.56. The van der Waals surface area contributed by atoms with Crippen LogP contribution in [0.15, 0.2) is 0 Å². The third-order valence-corrected chi connectivity index (χ3v) is 4.63. The van der Waals surface area contributed by atoms with Crippen molar-refractivity contribution in [2.75, 3.05) is 13.1 Å². The summed E-state index contributed by atoms with van der Waals surface area (Å²) in [4.78, 5) is 14.5. The van der Waals surface area contributed by atoms with Gasteiger partial charge >= 0.3 is 0 Å². The van der Waals surface area contributed by atoms with E-state index in [2.05, 4.69) is 31.0 Å². The van der Waals surface area contributed by atoms with Gasteiger partial charge in [0.05, 0.1) is 6.04 Å². The number of likely N-dealkylation sites (tertiary alicyclic amines) is 1. The first-order valence-corrected chi connectivity index (χ1v) is 7.57. The highest BCUT2D eigenvalue weighted by molar-refractivity contribution is 5.84. The smallest absolute Gasteiger partial charge is 0.240 e. The summed E-state index contributed by atoms with van der Waals surface area (Å²) in [6, 6.07) is 0.610. The fraction of sp³-hybridized carbons (Fsp3) is 0.933. The van der Waals surface area contributed by atoms with Crippen molar-refractivity contribution in [3.63, 3.8) is 0 Å². The lowest BCUT2D eigenvalue weighted by Gasteiger charge is -2.38. The summed E-state index contributed by atoms with van der Waals surface area (Å²) in [6.07, 6.45) is 7.00. The molecule has 0 radical (unpaired) electrons. The SMILES string of the molecule is CCCNC1CCN(C2CCC(C)(C)CC2)C1=O. The van der Waals surface area contributed by atoms with E-state index < -0.39 is 0 Å². The molecule has 2 aliphatic rings. The van der Waals surface area contributed by atoms with Gasteiger partial charge in [0.2, 0.25) is 5.91 Å². The number of nitrogens with zero attached hydrogens (tertiary/aromatic N) is 1. The Labute approximate surface area is 111 Å². The topological polar surface area (TPSA) is 32.3 Å². The van der Waals surface area contributed by atoms with E-state index in [0.29, 0.717) is 17.4 Å². The number of amides is 1. The number of rotatable bonds is 4. The first-order chi connectivity index (χ1) is 8.53. The summed E-state index contributed by atoms with van der Waals surface area (Å²) in [5, 5.41) is 3.38. The van der Waals surface area contributed by atoms with Gasteiger partial charge in [-0.3, -0.25) is 4.79 Å². The molecule has 18 heavy (non-hydrogen) atoms. The van der Waals surface area contributed by atoms with Crippen LogP contribution in [-0.4, -0.2) is 36.0 Å². The second kappa shape index (κ2) is 5.60. The summed E-state index contributed by atoms with van der Waals surface area (Å²) < 4.78 is 0. The molecule has 0 aromatic heterocycles. The third kappa shape index (κ3) is 3.05. The van der Waals surface area contributed by atoms with Gasteiger partial charge in [0, 0.05) is 12.6 Å². The molecule has 104 valence electrons. The average molecular weight is 252 g/mol. The van der Waals surface area contributed by atoms with E-state index in [1.54, 1.807) is 0 Å². The van der Waals surface area contributed by atoms with Crippen molar-refractivity contribution in [1.82, 2.24) is 10.2 Å². The van der Waals surface area contributed by atoms with Crippen LogP contribution < -0.4 is 5.32 Å². The minimum absolute atomic E-state index is 0.0971. The number of carbonyl (C=O) groups excluding carboxylic acids is 1. The lowest BCUT2D eigenvalue weighted by molar-refractivity contribution is -0.132. The van der Waals surface area contributed by atoms with E-state index in [0.717, 1.165) is 25.9 Å². The molecular weight excluding hydrogens is 224 g/mol. The van der Waals surface area contributed by atoms with Crippen molar-refractivity contribution in [3.05, 3.63) is 0 Å². The monoisotopic (exact) mass is 252 g/mol. The maximum absolute atomic E-state index is 12.3. The van der Waals surface area contributed by atoms with Gasteiger partial charge in [-0.15, -0.1) is 0 Å². The molecule has 1 unspecified atom stereocenters. The van der Waals surface area contributed by atoms with Crippen LogP contribution >= 0.6 is 0 Å². The number of hydrogen-bond acceptors (Lipinski definition) is 2. The zero-order valence-corrected chi connectivity index (χ0v) is 12.2. The fourth-order valence-electron chi connectivity index (χ4n) is 3.27. The minimum atomic E-state index is 0.0971. The molecule has 1 saturated heterocycles. The molecule has 1 heterocycles. The van der Waals surface area contributed by atoms with Crippen molar-refractivity contribution in [3.8, 4) is 0 Å². The first-order valence-electron chi connectivity index (χ1n) is 7.57. The molecule has 0 aromatic rings. The third-order valence-electron chi connectivity index (χ3n) is 4.63. The lowest BCUT2D eigenvalue weighted by atomic mass is 9.75. The Bertz CT molecular complexity index is 291. The maximum atomic E-state index is 12.3. The lowest BCUT2D eigenvalue weighted by Crippen LogP contribution is -2.45. The van der Waals surface area contributed by atoms with Gasteiger partial charge in [-0.25, -0.2) is 0 Å². The Balaban J connectivity index is 1.86. The highest BCUT2D eigenvalue weighted by Gasteiger charge is 2.38. The van der Waals surface area contributed by atoms with Gasteiger partial charge in [-0.1, -0.05) is 20.8 Å². The highest BCUT2D eigenvalue weighted by atomic mass is 16.2. The average Bonchev–Trinajstić information content (AvgIpc) is 2.68. The molecule has 3 heteroatoms. The molecular formula is C15H28N2O. The van der Waals surface area contributed by atoms with Crippen molar-refractivity contribution in [2.45, 2.75) is 71.4 Å². The van der Waals surface area contributed by atoms with Crippen LogP contribution in [0.2, 0.25) is 0 Å². The normalized spacial score (nSPS) is 28.9. The summed E-state index contributed by atoms with van der Waals surface area (Å²) in [5.41, 5.74) is 0.485. The molecule has 3 nitrogen and oxygen atoms in total. The Kier molecular flexibility index (Phi) is 4.31. The molecule has 1 aliphatic heterocycles. The number of nitrogens with one attached hydrogen (secondary N) is 1. The number of hydrogen-bond donors (Lipinski definition) is 1. The van der Waals surface area contributed by atoms with E-state index >= 15 is 0 Å². The predicted molar refractivity (Wildman–Crippen MR) is 74.4 cm³/mol. The van der Waals surface area contributed by atoms with Crippen molar-refractivity contribution in [1.29, 1.82) is 0 Å². The van der Waals surface area contributed by atoms with E-state index in [1.165, 1.54) is 25.7 Å². The summed E-state index contributed by atoms with van der Waals surface area (Å²) in [7, 11) is 0. The van der Waals surface area contributed by atoms with Gasteiger partial charge < -0.3 is 10.2 Å². The molecule has 1 N–H and O–H groups in total. The molecule has 0 aromatic carbocycles. The Hall–Kier alpha value is -0.570. The van der Waals surface area contributed by atoms with E-state index in [4.69, 9.17) is 0 Å². The van der Waals surface area contributed by atoms with E-state index in [-0.39, 0.29) is 6.04 Å². The van der Waals surface area contributed by atoms with Gasteiger partial charge in [0.1, 0.15) is 0 Å². The van der Waals surface area contributed by atoms with Crippen LogP contribution in [0.25, 0.3) is 0 Å². The molecule has 2 fully saturated rings. The second-order valence-corrected chi connectivity index (χ2v) is 6.72. The summed E-state index contributed by atoms with van der Waals surface area (Å²) in [5.74, 6) is 0.355. The van der Waals surface area contributed by atoms with Crippen LogP contribution in [0.1, 0.15) is 59.3 Å². The quantitative estimate of drug-likeness (QED) is 0.834. The standard InChI is InChI=1S/C15H28N2O/c1-4-10-16-13-7-11-17(14(13)18)12-5-8-15(2,3)9-6-12/h12-13,16H,4-11H2,1-3H3. The Morgan fingerprint density at radius 1 is 1.28 bits per heavy atom. The summed E-state index contributed by atoms with van der Waals surface area (Å²) >= 11 is 0. The van der Waals surface area contributed by atoms with Crippen LogP contribution in [0.5, 0.6) is 0 Å². The molecule has 0 spiro atoms. The largest absolute Gasteiger partial charge is 0.338 e. The summed E-state index contributed by atoms with van der Waals surface area (Å²) in [6.45, 7) is 8.77. The molecule has 1 atom stereocenters. The molecule has 1 amide bonds. The zero-order chi connectivity index (χ0) is 13.2. The molecule has 0 bridgehead atoms. The van der Waals surface area contributed by atoms with E-state index in [1.807, 2.05) is 0 Å². The second-order valence-electron chi connectivity index (χ2n) is 6.72. The van der Waals surface area contributed by atoms with Crippen LogP contribution in [0.3, 0.4) is 0 Å². The zero-order valence-electron chi connectivity index (χ0n) is 12.2. The fourth-order valence-corrected chi connectivity index (χ4v) is 3.27. The van der Waals surface area contributed by atoms with Crippen molar-refractivity contribution in [2.24, 2.45) is 5.41 Å². The van der Waals surface area contributed by atoms with Crippen molar-refractivity contribution >= 4 is 5.91 Å². The highest BCUT2D eigenvalue weighted by Crippen LogP contribution is 2.37. The van der Waals surface area contributed by atoms with Crippen LogP contribution in [0.4, 0.5) is 0 Å². The molecule has 1 saturated carbocycles. The molecule has 1 aliphatic carbocycles. The number of carbonyl (C=O) groups is 1.